The standard InChI is InChI=1S/C19H36N2/c1-9-16(20-18(3,4)5)14-12-11-13-15(14)17(10-2)21-19(6,7)8/h11-14,16-17,20-21H,9-10H2,1-8H3. The topological polar surface area (TPSA) is 24.1 Å². The first-order chi connectivity index (χ1) is 9.57. The predicted octanol–water partition coefficient (Wildman–Crippen LogP) is 4.43. The van der Waals surface area contributed by atoms with Crippen molar-refractivity contribution in [2.24, 2.45) is 5.92 Å². The van der Waals surface area contributed by atoms with Crippen molar-refractivity contribution in [2.75, 3.05) is 0 Å². The Labute approximate surface area is 132 Å². The lowest BCUT2D eigenvalue weighted by Crippen LogP contribution is -2.50. The average molecular weight is 293 g/mol. The van der Waals surface area contributed by atoms with Crippen molar-refractivity contribution in [3.63, 3.8) is 0 Å². The zero-order valence-corrected chi connectivity index (χ0v) is 15.4. The van der Waals surface area contributed by atoms with E-state index < -0.39 is 0 Å². The van der Waals surface area contributed by atoms with Gasteiger partial charge in [0, 0.05) is 29.1 Å². The molecule has 1 rings (SSSR count). The van der Waals surface area contributed by atoms with Crippen LogP contribution in [-0.4, -0.2) is 23.2 Å². The van der Waals surface area contributed by atoms with Crippen molar-refractivity contribution in [1.29, 1.82) is 0 Å². The Morgan fingerprint density at radius 3 is 1.95 bits per heavy atom. The van der Waals surface area contributed by atoms with Crippen molar-refractivity contribution >= 4 is 0 Å². The molecule has 3 unspecified atom stereocenters. The summed E-state index contributed by atoms with van der Waals surface area (Å²) in [5.41, 5.74) is 1.84. The smallest absolute Gasteiger partial charge is 0.0291 e. The van der Waals surface area contributed by atoms with Gasteiger partial charge in [-0.25, -0.2) is 0 Å². The highest BCUT2D eigenvalue weighted by atomic mass is 15.0. The molecule has 0 bridgehead atoms. The molecule has 0 aromatic carbocycles. The maximum Gasteiger partial charge on any atom is 0.0291 e. The monoisotopic (exact) mass is 292 g/mol. The van der Waals surface area contributed by atoms with Crippen LogP contribution in [0.1, 0.15) is 68.2 Å². The van der Waals surface area contributed by atoms with Gasteiger partial charge >= 0.3 is 0 Å². The molecule has 21 heavy (non-hydrogen) atoms. The van der Waals surface area contributed by atoms with E-state index in [1.54, 1.807) is 0 Å². The van der Waals surface area contributed by atoms with E-state index in [1.807, 2.05) is 0 Å². The highest BCUT2D eigenvalue weighted by Crippen LogP contribution is 2.30. The summed E-state index contributed by atoms with van der Waals surface area (Å²) in [6.45, 7) is 18.1. The third kappa shape index (κ3) is 5.96. The Balaban J connectivity index is 2.87. The highest BCUT2D eigenvalue weighted by molar-refractivity contribution is 5.33. The van der Waals surface area contributed by atoms with E-state index >= 15 is 0 Å². The number of hydrogen-bond donors (Lipinski definition) is 2. The first-order valence-electron chi connectivity index (χ1n) is 8.51. The molecule has 2 nitrogen and oxygen atoms in total. The molecule has 3 atom stereocenters. The quantitative estimate of drug-likeness (QED) is 0.756. The summed E-state index contributed by atoms with van der Waals surface area (Å²) in [7, 11) is 0. The molecule has 0 fully saturated rings. The third-order valence-electron chi connectivity index (χ3n) is 3.90. The Morgan fingerprint density at radius 2 is 1.52 bits per heavy atom. The molecule has 122 valence electrons. The van der Waals surface area contributed by atoms with Crippen LogP contribution in [0.15, 0.2) is 23.8 Å². The van der Waals surface area contributed by atoms with Crippen LogP contribution < -0.4 is 10.6 Å². The Hall–Kier alpha value is -0.600. The van der Waals surface area contributed by atoms with E-state index in [-0.39, 0.29) is 11.1 Å². The Morgan fingerprint density at radius 1 is 0.952 bits per heavy atom. The van der Waals surface area contributed by atoms with Gasteiger partial charge in [0.15, 0.2) is 0 Å². The fourth-order valence-electron chi connectivity index (χ4n) is 3.17. The number of nitrogens with one attached hydrogen (secondary N) is 2. The maximum absolute atomic E-state index is 3.80. The second-order valence-electron chi connectivity index (χ2n) is 8.34. The zero-order valence-electron chi connectivity index (χ0n) is 15.4. The summed E-state index contributed by atoms with van der Waals surface area (Å²) in [6.07, 6.45) is 9.21. The first-order valence-corrected chi connectivity index (χ1v) is 8.51. The average Bonchev–Trinajstić information content (AvgIpc) is 2.79. The SMILES string of the molecule is CCC(NC(C)(C)C)C1=CC=CC1C(CC)NC(C)(C)C. The van der Waals surface area contributed by atoms with Crippen LogP contribution in [0.3, 0.4) is 0 Å². The van der Waals surface area contributed by atoms with Crippen molar-refractivity contribution in [3.05, 3.63) is 23.8 Å². The number of rotatable bonds is 6. The van der Waals surface area contributed by atoms with Gasteiger partial charge < -0.3 is 10.6 Å². The molecule has 0 saturated carbocycles. The van der Waals surface area contributed by atoms with Crippen LogP contribution in [0.25, 0.3) is 0 Å². The summed E-state index contributed by atoms with van der Waals surface area (Å²) in [5, 5.41) is 7.58. The van der Waals surface area contributed by atoms with E-state index in [0.717, 1.165) is 12.8 Å². The van der Waals surface area contributed by atoms with Crippen molar-refractivity contribution < 1.29 is 0 Å². The van der Waals surface area contributed by atoms with Crippen LogP contribution in [0.4, 0.5) is 0 Å². The van der Waals surface area contributed by atoms with E-state index in [9.17, 15) is 0 Å². The molecule has 0 saturated heterocycles. The fraction of sp³-hybridized carbons (Fsp3) is 0.789. The molecular weight excluding hydrogens is 256 g/mol. The molecule has 0 amide bonds. The molecule has 2 heteroatoms. The summed E-state index contributed by atoms with van der Waals surface area (Å²) < 4.78 is 0. The van der Waals surface area contributed by atoms with Gasteiger partial charge in [0.05, 0.1) is 0 Å². The number of allylic oxidation sites excluding steroid dienone is 2. The molecule has 2 N–H and O–H groups in total. The minimum Gasteiger partial charge on any atom is -0.308 e. The van der Waals surface area contributed by atoms with E-state index in [2.05, 4.69) is 84.3 Å². The van der Waals surface area contributed by atoms with Gasteiger partial charge in [-0.1, -0.05) is 32.1 Å². The van der Waals surface area contributed by atoms with Gasteiger partial charge in [0.1, 0.15) is 0 Å². The van der Waals surface area contributed by atoms with Gasteiger partial charge in [-0.2, -0.15) is 0 Å². The molecule has 0 heterocycles. The minimum atomic E-state index is 0.147. The highest BCUT2D eigenvalue weighted by Gasteiger charge is 2.31. The molecule has 1 aliphatic carbocycles. The second-order valence-corrected chi connectivity index (χ2v) is 8.34. The summed E-state index contributed by atoms with van der Waals surface area (Å²) in [5.74, 6) is 0.508. The van der Waals surface area contributed by atoms with Crippen LogP contribution in [0, 0.1) is 5.92 Å². The van der Waals surface area contributed by atoms with Crippen LogP contribution >= 0.6 is 0 Å². The van der Waals surface area contributed by atoms with Crippen molar-refractivity contribution in [3.8, 4) is 0 Å². The fourth-order valence-corrected chi connectivity index (χ4v) is 3.17. The summed E-state index contributed by atoms with van der Waals surface area (Å²) in [6, 6.07) is 0.964. The molecule has 0 radical (unpaired) electrons. The molecule has 0 aromatic heterocycles. The summed E-state index contributed by atoms with van der Waals surface area (Å²) >= 11 is 0. The van der Waals surface area contributed by atoms with Gasteiger partial charge in [-0.15, -0.1) is 0 Å². The number of hydrogen-bond acceptors (Lipinski definition) is 2. The van der Waals surface area contributed by atoms with Gasteiger partial charge in [-0.3, -0.25) is 0 Å². The second kappa shape index (κ2) is 7.11. The van der Waals surface area contributed by atoms with Crippen LogP contribution in [0.5, 0.6) is 0 Å². The molecular formula is C19H36N2. The largest absolute Gasteiger partial charge is 0.308 e. The van der Waals surface area contributed by atoms with Crippen molar-refractivity contribution in [1.82, 2.24) is 10.6 Å². The minimum absolute atomic E-state index is 0.147. The molecule has 0 spiro atoms. The third-order valence-corrected chi connectivity index (χ3v) is 3.90. The van der Waals surface area contributed by atoms with Crippen LogP contribution in [-0.2, 0) is 0 Å². The normalized spacial score (nSPS) is 22.3. The molecule has 1 aliphatic rings. The lowest BCUT2D eigenvalue weighted by atomic mass is 9.85. The van der Waals surface area contributed by atoms with E-state index in [4.69, 9.17) is 0 Å². The summed E-state index contributed by atoms with van der Waals surface area (Å²) in [4.78, 5) is 0. The zero-order chi connectivity index (χ0) is 16.3. The lowest BCUT2D eigenvalue weighted by molar-refractivity contribution is 0.301. The van der Waals surface area contributed by atoms with E-state index in [0.29, 0.717) is 18.0 Å². The van der Waals surface area contributed by atoms with Crippen molar-refractivity contribution in [2.45, 2.75) is 91.4 Å². The Bertz CT molecular complexity index is 379. The first kappa shape index (κ1) is 18.4. The molecule has 0 aromatic rings. The molecule has 0 aliphatic heterocycles. The van der Waals surface area contributed by atoms with Gasteiger partial charge in [-0.05, 0) is 60.0 Å². The Kier molecular flexibility index (Phi) is 6.24. The van der Waals surface area contributed by atoms with Gasteiger partial charge in [0.25, 0.3) is 0 Å². The lowest BCUT2D eigenvalue weighted by Gasteiger charge is -2.36. The van der Waals surface area contributed by atoms with Crippen LogP contribution in [0.2, 0.25) is 0 Å². The maximum atomic E-state index is 3.80. The van der Waals surface area contributed by atoms with Gasteiger partial charge in [0.2, 0.25) is 0 Å². The van der Waals surface area contributed by atoms with E-state index in [1.165, 1.54) is 5.57 Å². The predicted molar refractivity (Wildman–Crippen MR) is 94.6 cm³/mol.